The van der Waals surface area contributed by atoms with E-state index in [-0.39, 0.29) is 5.96 Å². The number of rotatable bonds is 2. The Morgan fingerprint density at radius 3 is 2.88 bits per heavy atom. The number of nitrogens with one attached hydrogen (secondary N) is 1. The molecule has 0 aliphatic heterocycles. The van der Waals surface area contributed by atoms with E-state index in [0.29, 0.717) is 16.5 Å². The van der Waals surface area contributed by atoms with Gasteiger partial charge in [-0.15, -0.1) is 5.10 Å². The highest BCUT2D eigenvalue weighted by Gasteiger charge is 2.07. The Morgan fingerprint density at radius 2 is 2.18 bits per heavy atom. The normalized spacial score (nSPS) is 11.1. The molecule has 1 heterocycles. The van der Waals surface area contributed by atoms with E-state index in [0.717, 1.165) is 0 Å². The molecule has 6 N–H and O–H groups in total. The molecule has 0 saturated heterocycles. The zero-order valence-corrected chi connectivity index (χ0v) is 8.68. The molecule has 0 aliphatic carbocycles. The second-order valence-electron chi connectivity index (χ2n) is 3.36. The number of hydrogen-bond acceptors (Lipinski definition) is 3. The Kier molecular flexibility index (Phi) is 2.65. The lowest BCUT2D eigenvalue weighted by atomic mass is 10.2. The molecule has 0 radical (unpaired) electrons. The lowest BCUT2D eigenvalue weighted by Gasteiger charge is -1.96. The highest BCUT2D eigenvalue weighted by atomic mass is 19.1. The standard InChI is InChI=1S/C10H10FN5O/c11-7-2-8-6(1-9(7)17)5(3-14-8)4-15-16-10(12)13/h1-4,14,17H,(H4,12,13,16)/b15-4+. The van der Waals surface area contributed by atoms with Gasteiger partial charge in [0.05, 0.1) is 6.21 Å². The van der Waals surface area contributed by atoms with Crippen molar-refractivity contribution >= 4 is 23.1 Å². The van der Waals surface area contributed by atoms with Crippen molar-refractivity contribution in [3.8, 4) is 5.75 Å². The minimum Gasteiger partial charge on any atom is -0.505 e. The molecule has 6 nitrogen and oxygen atoms in total. The first kappa shape index (κ1) is 10.9. The smallest absolute Gasteiger partial charge is 0.211 e. The number of aromatic amines is 1. The topological polar surface area (TPSA) is 113 Å². The van der Waals surface area contributed by atoms with Gasteiger partial charge in [-0.3, -0.25) is 0 Å². The summed E-state index contributed by atoms with van der Waals surface area (Å²) in [5.74, 6) is -1.27. The van der Waals surface area contributed by atoms with Crippen LogP contribution < -0.4 is 11.5 Å². The van der Waals surface area contributed by atoms with Gasteiger partial charge in [0.2, 0.25) is 5.96 Å². The number of aromatic hydroxyl groups is 1. The highest BCUT2D eigenvalue weighted by molar-refractivity contribution is 5.99. The summed E-state index contributed by atoms with van der Waals surface area (Å²) in [6.07, 6.45) is 3.01. The van der Waals surface area contributed by atoms with Gasteiger partial charge in [0.25, 0.3) is 0 Å². The van der Waals surface area contributed by atoms with Crippen LogP contribution in [0.2, 0.25) is 0 Å². The molecule has 88 valence electrons. The largest absolute Gasteiger partial charge is 0.505 e. The highest BCUT2D eigenvalue weighted by Crippen LogP contribution is 2.25. The number of benzene rings is 1. The van der Waals surface area contributed by atoms with Crippen molar-refractivity contribution in [3.63, 3.8) is 0 Å². The van der Waals surface area contributed by atoms with Gasteiger partial charge in [-0.25, -0.2) is 4.39 Å². The van der Waals surface area contributed by atoms with E-state index < -0.39 is 11.6 Å². The lowest BCUT2D eigenvalue weighted by molar-refractivity contribution is 0.433. The van der Waals surface area contributed by atoms with Gasteiger partial charge in [0, 0.05) is 28.7 Å². The van der Waals surface area contributed by atoms with Gasteiger partial charge in [0.15, 0.2) is 11.6 Å². The fourth-order valence-electron chi connectivity index (χ4n) is 1.42. The van der Waals surface area contributed by atoms with Crippen molar-refractivity contribution < 1.29 is 9.50 Å². The van der Waals surface area contributed by atoms with Crippen molar-refractivity contribution in [1.82, 2.24) is 4.98 Å². The monoisotopic (exact) mass is 235 g/mol. The van der Waals surface area contributed by atoms with Crippen LogP contribution in [0.1, 0.15) is 5.56 Å². The first-order chi connectivity index (χ1) is 8.08. The second-order valence-corrected chi connectivity index (χ2v) is 3.36. The third-order valence-electron chi connectivity index (χ3n) is 2.15. The number of phenolic OH excluding ortho intramolecular Hbond substituents is 1. The number of halogens is 1. The fraction of sp³-hybridized carbons (Fsp3) is 0. The van der Waals surface area contributed by atoms with Gasteiger partial charge in [-0.05, 0) is 6.07 Å². The molecule has 0 fully saturated rings. The van der Waals surface area contributed by atoms with Gasteiger partial charge in [-0.2, -0.15) is 5.10 Å². The van der Waals surface area contributed by atoms with Crippen molar-refractivity contribution in [1.29, 1.82) is 0 Å². The first-order valence-electron chi connectivity index (χ1n) is 4.69. The van der Waals surface area contributed by atoms with Crippen molar-refractivity contribution in [2.45, 2.75) is 0 Å². The molecule has 0 aliphatic rings. The molecule has 2 aromatic rings. The Hall–Kier alpha value is -2.57. The van der Waals surface area contributed by atoms with E-state index in [1.165, 1.54) is 18.3 Å². The molecule has 0 bridgehead atoms. The molecule has 17 heavy (non-hydrogen) atoms. The van der Waals surface area contributed by atoms with E-state index in [1.54, 1.807) is 6.20 Å². The molecule has 1 aromatic heterocycles. The van der Waals surface area contributed by atoms with Gasteiger partial charge in [0.1, 0.15) is 0 Å². The average molecular weight is 235 g/mol. The molecule has 0 atom stereocenters. The summed E-state index contributed by atoms with van der Waals surface area (Å²) in [5, 5.41) is 17.0. The molecule has 2 rings (SSSR count). The third-order valence-corrected chi connectivity index (χ3v) is 2.15. The lowest BCUT2D eigenvalue weighted by Crippen LogP contribution is -2.21. The average Bonchev–Trinajstić information content (AvgIpc) is 2.62. The first-order valence-corrected chi connectivity index (χ1v) is 4.69. The van der Waals surface area contributed by atoms with Crippen LogP contribution in [0.15, 0.2) is 28.5 Å². The molecule has 0 amide bonds. The molecule has 0 saturated carbocycles. The SMILES string of the molecule is NC(N)=N/N=C/c1c[nH]c2cc(F)c(O)cc12. The molecular formula is C10H10FN5O. The van der Waals surface area contributed by atoms with Crippen LogP contribution in [0.5, 0.6) is 5.75 Å². The fourth-order valence-corrected chi connectivity index (χ4v) is 1.42. The van der Waals surface area contributed by atoms with E-state index in [2.05, 4.69) is 15.2 Å². The second kappa shape index (κ2) is 4.12. The van der Waals surface area contributed by atoms with E-state index in [1.807, 2.05) is 0 Å². The van der Waals surface area contributed by atoms with Gasteiger partial charge < -0.3 is 21.6 Å². The minimum atomic E-state index is -0.688. The number of nitrogens with two attached hydrogens (primary N) is 2. The van der Waals surface area contributed by atoms with Crippen LogP contribution >= 0.6 is 0 Å². The van der Waals surface area contributed by atoms with Crippen LogP contribution in [-0.4, -0.2) is 22.3 Å². The van der Waals surface area contributed by atoms with E-state index in [4.69, 9.17) is 11.5 Å². The maximum atomic E-state index is 13.1. The summed E-state index contributed by atoms with van der Waals surface area (Å²) in [6, 6.07) is 2.50. The maximum Gasteiger partial charge on any atom is 0.211 e. The number of aromatic nitrogens is 1. The third kappa shape index (κ3) is 2.17. The zero-order valence-electron chi connectivity index (χ0n) is 8.68. The molecule has 1 aromatic carbocycles. The predicted octanol–water partition coefficient (Wildman–Crippen LogP) is 0.620. The van der Waals surface area contributed by atoms with Crippen LogP contribution in [-0.2, 0) is 0 Å². The Bertz CT molecular complexity index is 612. The van der Waals surface area contributed by atoms with Crippen LogP contribution in [0.25, 0.3) is 10.9 Å². The molecular weight excluding hydrogens is 225 g/mol. The molecule has 0 spiro atoms. The number of guanidine groups is 1. The van der Waals surface area contributed by atoms with Crippen molar-refractivity contribution in [3.05, 3.63) is 29.7 Å². The summed E-state index contributed by atoms with van der Waals surface area (Å²) in [6.45, 7) is 0. The number of fused-ring (bicyclic) bond motifs is 1. The Labute approximate surface area is 95.5 Å². The summed E-state index contributed by atoms with van der Waals surface area (Å²) >= 11 is 0. The summed E-state index contributed by atoms with van der Waals surface area (Å²) in [4.78, 5) is 2.84. The predicted molar refractivity (Wildman–Crippen MR) is 63.3 cm³/mol. The summed E-state index contributed by atoms with van der Waals surface area (Å²) in [5.41, 5.74) is 11.4. The molecule has 7 heteroatoms. The maximum absolute atomic E-state index is 13.1. The van der Waals surface area contributed by atoms with E-state index >= 15 is 0 Å². The van der Waals surface area contributed by atoms with Crippen LogP contribution in [0, 0.1) is 5.82 Å². The minimum absolute atomic E-state index is 0.157. The van der Waals surface area contributed by atoms with Crippen LogP contribution in [0.4, 0.5) is 4.39 Å². The number of nitrogens with zero attached hydrogens (tertiary/aromatic N) is 2. The Morgan fingerprint density at radius 1 is 1.41 bits per heavy atom. The number of hydrogen-bond donors (Lipinski definition) is 4. The zero-order chi connectivity index (χ0) is 12.4. The van der Waals surface area contributed by atoms with E-state index in [9.17, 15) is 9.50 Å². The quantitative estimate of drug-likeness (QED) is 0.347. The molecule has 0 unspecified atom stereocenters. The summed E-state index contributed by atoms with van der Waals surface area (Å²) in [7, 11) is 0. The number of H-pyrrole nitrogens is 1. The summed E-state index contributed by atoms with van der Waals surface area (Å²) < 4.78 is 13.1. The van der Waals surface area contributed by atoms with Crippen molar-refractivity contribution in [2.75, 3.05) is 0 Å². The number of phenols is 1. The van der Waals surface area contributed by atoms with Crippen molar-refractivity contribution in [2.24, 2.45) is 21.7 Å². The van der Waals surface area contributed by atoms with Crippen LogP contribution in [0.3, 0.4) is 0 Å². The Balaban J connectivity index is 2.46. The van der Waals surface area contributed by atoms with Gasteiger partial charge >= 0.3 is 0 Å². The van der Waals surface area contributed by atoms with Gasteiger partial charge in [-0.1, -0.05) is 0 Å².